The molecule has 0 aliphatic heterocycles. The number of aromatic nitrogens is 2. The summed E-state index contributed by atoms with van der Waals surface area (Å²) in [4.78, 5) is 20.2. The first-order valence-electron chi connectivity index (χ1n) is 9.11. The van der Waals surface area contributed by atoms with Gasteiger partial charge in [0.1, 0.15) is 0 Å². The highest BCUT2D eigenvalue weighted by molar-refractivity contribution is 6.59. The van der Waals surface area contributed by atoms with Gasteiger partial charge < -0.3 is 20.7 Å². The molecule has 0 saturated carbocycles. The Bertz CT molecular complexity index is 954. The number of nitrogen functional groups attached to an aromatic ring is 1. The topological polar surface area (TPSA) is 119 Å². The zero-order valence-corrected chi connectivity index (χ0v) is 17.0. The van der Waals surface area contributed by atoms with Crippen molar-refractivity contribution in [2.75, 3.05) is 18.9 Å². The number of anilines is 1. The van der Waals surface area contributed by atoms with Crippen molar-refractivity contribution in [1.82, 2.24) is 9.97 Å². The van der Waals surface area contributed by atoms with Gasteiger partial charge in [-0.1, -0.05) is 22.8 Å². The van der Waals surface area contributed by atoms with E-state index in [9.17, 15) is 28.2 Å². The Labute approximate surface area is 174 Å². The van der Waals surface area contributed by atoms with E-state index in [1.807, 2.05) is 23.5 Å². The highest BCUT2D eigenvalue weighted by atomic mass is 19.4. The van der Waals surface area contributed by atoms with Crippen molar-refractivity contribution in [1.29, 1.82) is 0 Å². The summed E-state index contributed by atoms with van der Waals surface area (Å²) in [6, 6.07) is 3.60. The quantitative estimate of drug-likeness (QED) is 0.391. The molecule has 0 radical (unpaired) electrons. The molecule has 30 heavy (non-hydrogen) atoms. The maximum Gasteiger partial charge on any atom is 0.423 e. The van der Waals surface area contributed by atoms with Crippen LogP contribution in [0.15, 0.2) is 24.4 Å². The predicted molar refractivity (Wildman–Crippen MR) is 112 cm³/mol. The van der Waals surface area contributed by atoms with Gasteiger partial charge in [0.25, 0.3) is 0 Å². The van der Waals surface area contributed by atoms with Gasteiger partial charge in [-0.3, -0.25) is 0 Å². The lowest BCUT2D eigenvalue weighted by molar-refractivity contribution is -0.277. The predicted octanol–water partition coefficient (Wildman–Crippen LogP) is -1.35. The average molecular weight is 421 g/mol. The summed E-state index contributed by atoms with van der Waals surface area (Å²) in [5, 5.41) is 18.9. The van der Waals surface area contributed by atoms with E-state index in [0.29, 0.717) is 5.56 Å². The number of hydrogen-bond donors (Lipinski definition) is 3. The Kier molecular flexibility index (Phi) is 6.58. The first-order valence-corrected chi connectivity index (χ1v) is 9.11. The van der Waals surface area contributed by atoms with Gasteiger partial charge in [0, 0.05) is 5.56 Å². The van der Waals surface area contributed by atoms with E-state index < -0.39 is 35.0 Å². The van der Waals surface area contributed by atoms with Crippen LogP contribution in [-0.4, -0.2) is 69.1 Å². The minimum atomic E-state index is -5.12. The van der Waals surface area contributed by atoms with E-state index in [2.05, 4.69) is 9.97 Å². The zero-order chi connectivity index (χ0) is 22.9. The molecule has 0 spiro atoms. The molecule has 2 aromatic rings. The first kappa shape index (κ1) is 23.8. The average Bonchev–Trinajstić information content (AvgIpc) is 2.65. The van der Waals surface area contributed by atoms with Gasteiger partial charge in [0.2, 0.25) is 5.60 Å². The van der Waals surface area contributed by atoms with Crippen LogP contribution < -0.4 is 5.73 Å². The number of nitrogens with two attached hydrogens (primary N) is 1. The molecule has 1 heterocycles. The summed E-state index contributed by atoms with van der Waals surface area (Å²) in [5.41, 5.74) is 2.25. The number of aliphatic hydroxyl groups excluding tert-OH is 1. The van der Waals surface area contributed by atoms with E-state index >= 15 is 0 Å². The molecular weight excluding hydrogens is 400 g/mol. The number of hydrogen-bond acceptors (Lipinski definition) is 7. The molecule has 0 saturated heterocycles. The summed E-state index contributed by atoms with van der Waals surface area (Å²) in [5.74, 6) is -1.01. The van der Waals surface area contributed by atoms with Crippen LogP contribution in [0.25, 0.3) is 11.3 Å². The van der Waals surface area contributed by atoms with Crippen molar-refractivity contribution < 1.29 is 32.9 Å². The molecule has 0 aliphatic rings. The Balaban J connectivity index is 2.78. The van der Waals surface area contributed by atoms with Crippen molar-refractivity contribution >= 4 is 35.3 Å². The molecule has 1 atom stereocenters. The van der Waals surface area contributed by atoms with Crippen LogP contribution >= 0.6 is 0 Å². The van der Waals surface area contributed by atoms with Gasteiger partial charge in [-0.25, -0.2) is 14.8 Å². The lowest BCUT2D eigenvalue weighted by Gasteiger charge is -2.31. The van der Waals surface area contributed by atoms with Gasteiger partial charge in [-0.15, -0.1) is 0 Å². The summed E-state index contributed by atoms with van der Waals surface area (Å²) in [6.07, 6.45) is -3.90. The zero-order valence-electron chi connectivity index (χ0n) is 17.0. The van der Waals surface area contributed by atoms with Crippen LogP contribution in [0.2, 0.25) is 0 Å². The molecule has 0 bridgehead atoms. The van der Waals surface area contributed by atoms with Crippen LogP contribution in [0, 0.1) is 0 Å². The van der Waals surface area contributed by atoms with Crippen molar-refractivity contribution in [3.63, 3.8) is 0 Å². The van der Waals surface area contributed by atoms with E-state index in [1.54, 1.807) is 6.92 Å². The smallest absolute Gasteiger partial charge is 0.423 e. The molecule has 158 valence electrons. The molecule has 1 aromatic carbocycles. The Hall–Kier alpha value is -2.53. The third-order valence-electron chi connectivity index (χ3n) is 4.55. The van der Waals surface area contributed by atoms with Crippen molar-refractivity contribution in [3.05, 3.63) is 41.2 Å². The minimum absolute atomic E-state index is 0.0708. The SMILES string of the molecule is BC(B)(B)c1ccc(C(O)(CO)C(F)(F)F)cc1-c1cnc(N)c(C(=O)OCC)n1. The molecule has 1 unspecified atom stereocenters. The second-order valence-electron chi connectivity index (χ2n) is 7.74. The number of carbonyl (C=O) groups excluding carboxylic acids is 1. The number of esters is 1. The van der Waals surface area contributed by atoms with E-state index in [0.717, 1.165) is 12.1 Å². The van der Waals surface area contributed by atoms with Crippen molar-refractivity contribution in [2.24, 2.45) is 0 Å². The maximum atomic E-state index is 13.5. The number of ether oxygens (including phenoxy) is 1. The van der Waals surface area contributed by atoms with Crippen molar-refractivity contribution in [2.45, 2.75) is 23.8 Å². The summed E-state index contributed by atoms with van der Waals surface area (Å²) >= 11 is 0. The molecular formula is C17H21B3F3N3O4. The largest absolute Gasteiger partial charge is 0.461 e. The molecule has 13 heteroatoms. The van der Waals surface area contributed by atoms with E-state index in [1.165, 1.54) is 12.3 Å². The lowest BCUT2D eigenvalue weighted by atomic mass is 9.39. The number of halogens is 3. The second-order valence-corrected chi connectivity index (χ2v) is 7.74. The van der Waals surface area contributed by atoms with Crippen LogP contribution in [0.5, 0.6) is 0 Å². The maximum absolute atomic E-state index is 13.5. The van der Waals surface area contributed by atoms with Gasteiger partial charge in [0.05, 0.1) is 48.6 Å². The van der Waals surface area contributed by atoms with Crippen LogP contribution in [0.1, 0.15) is 28.5 Å². The van der Waals surface area contributed by atoms with Gasteiger partial charge in [-0.05, 0) is 18.6 Å². The number of benzene rings is 1. The summed E-state index contributed by atoms with van der Waals surface area (Å²) < 4.78 is 45.2. The fourth-order valence-corrected chi connectivity index (χ4v) is 2.89. The molecule has 0 fully saturated rings. The number of aliphatic hydroxyl groups is 2. The molecule has 7 nitrogen and oxygen atoms in total. The van der Waals surface area contributed by atoms with Gasteiger partial charge in [0.15, 0.2) is 11.5 Å². The highest BCUT2D eigenvalue weighted by Gasteiger charge is 2.55. The monoisotopic (exact) mass is 421 g/mol. The molecule has 0 amide bonds. The van der Waals surface area contributed by atoms with Crippen molar-refractivity contribution in [3.8, 4) is 11.3 Å². The fraction of sp³-hybridized carbons (Fsp3) is 0.353. The fourth-order valence-electron chi connectivity index (χ4n) is 2.89. The Morgan fingerprint density at radius 3 is 2.40 bits per heavy atom. The number of rotatable bonds is 6. The molecule has 0 aliphatic carbocycles. The van der Waals surface area contributed by atoms with Gasteiger partial charge in [-0.2, -0.15) is 13.2 Å². The number of nitrogens with zero attached hydrogens (tertiary/aromatic N) is 2. The number of carbonyl (C=O) groups is 1. The Morgan fingerprint density at radius 1 is 1.27 bits per heavy atom. The molecule has 2 rings (SSSR count). The van der Waals surface area contributed by atoms with Gasteiger partial charge >= 0.3 is 12.1 Å². The highest BCUT2D eigenvalue weighted by Crippen LogP contribution is 2.41. The standard InChI is InChI=1S/C17H21B3F3N3O4/c1-2-30-14(28)12-13(24)25-6-11(26-12)9-5-8(3-4-10(9)16(18,19)20)15(29,7-27)17(21,22)23/h3-6,27,29H,2,7,18-20H2,1H3,(H2,24,25). The minimum Gasteiger partial charge on any atom is -0.461 e. The van der Waals surface area contributed by atoms with Crippen LogP contribution in [0.3, 0.4) is 0 Å². The molecule has 4 N–H and O–H groups in total. The van der Waals surface area contributed by atoms with Crippen LogP contribution in [-0.2, 0) is 15.5 Å². The third kappa shape index (κ3) is 4.46. The molecule has 1 aromatic heterocycles. The first-order chi connectivity index (χ1) is 13.8. The number of alkyl halides is 3. The third-order valence-corrected chi connectivity index (χ3v) is 4.55. The van der Waals surface area contributed by atoms with E-state index in [-0.39, 0.29) is 29.4 Å². The summed E-state index contributed by atoms with van der Waals surface area (Å²) in [6.45, 7) is 0.105. The normalized spacial score (nSPS) is 14.2. The summed E-state index contributed by atoms with van der Waals surface area (Å²) in [7, 11) is 5.51. The van der Waals surface area contributed by atoms with E-state index in [4.69, 9.17) is 10.5 Å². The van der Waals surface area contributed by atoms with Crippen LogP contribution in [0.4, 0.5) is 19.0 Å². The second kappa shape index (κ2) is 8.31. The lowest BCUT2D eigenvalue weighted by Crippen LogP contribution is -2.45. The Morgan fingerprint density at radius 2 is 1.90 bits per heavy atom.